The molecule has 0 radical (unpaired) electrons. The second kappa shape index (κ2) is 5.94. The molecule has 2 fully saturated rings. The van der Waals surface area contributed by atoms with Gasteiger partial charge in [-0.2, -0.15) is 0 Å². The predicted molar refractivity (Wildman–Crippen MR) is 101 cm³/mol. The van der Waals surface area contributed by atoms with Crippen LogP contribution < -0.4 is 0 Å². The van der Waals surface area contributed by atoms with Crippen LogP contribution in [0.15, 0.2) is 35.5 Å². The smallest absolute Gasteiger partial charge is 0.306 e. The minimum Gasteiger partial charge on any atom is -0.458 e. The molecule has 4 atom stereocenters. The molecule has 0 aromatic rings. The van der Waals surface area contributed by atoms with Gasteiger partial charge in [-0.15, -0.1) is 0 Å². The highest BCUT2D eigenvalue weighted by Gasteiger charge is 2.60. The standard InChI is InChI=1S/C23H30O3/c1-16-7-13-23(14-10-20(25)26-23)22(16,3)12-8-17-5-4-6-18-15-19(24)9-11-21(17,18)2/h4,6,8,15-16H,5,7,9-14H2,1-3H3/b17-8+/t16?,21?,22?,23-/m1/s1. The van der Waals surface area contributed by atoms with E-state index in [-0.39, 0.29) is 28.2 Å². The maximum atomic E-state index is 11.9. The summed E-state index contributed by atoms with van der Waals surface area (Å²) in [5.74, 6) is 0.762. The summed E-state index contributed by atoms with van der Waals surface area (Å²) in [6, 6.07) is 0. The minimum absolute atomic E-state index is 0.00194. The number of hydrogen-bond donors (Lipinski definition) is 0. The number of hydrogen-bond acceptors (Lipinski definition) is 3. The molecule has 26 heavy (non-hydrogen) atoms. The van der Waals surface area contributed by atoms with Gasteiger partial charge in [0.2, 0.25) is 0 Å². The Bertz CT molecular complexity index is 743. The molecular weight excluding hydrogens is 324 g/mol. The fourth-order valence-electron chi connectivity index (χ4n) is 5.77. The fourth-order valence-corrected chi connectivity index (χ4v) is 5.77. The van der Waals surface area contributed by atoms with Crippen LogP contribution in [-0.2, 0) is 14.3 Å². The first-order valence-electron chi connectivity index (χ1n) is 10.1. The molecule has 0 aromatic carbocycles. The molecule has 1 heterocycles. The second-order valence-electron chi connectivity index (χ2n) is 9.26. The molecule has 3 nitrogen and oxygen atoms in total. The normalized spacial score (nSPS) is 43.7. The average Bonchev–Trinajstić information content (AvgIpc) is 3.10. The summed E-state index contributed by atoms with van der Waals surface area (Å²) >= 11 is 0. The molecule has 0 aromatic heterocycles. The predicted octanol–water partition coefficient (Wildman–Crippen LogP) is 5.07. The molecule has 1 saturated carbocycles. The maximum Gasteiger partial charge on any atom is 0.306 e. The Morgan fingerprint density at radius 3 is 2.73 bits per heavy atom. The number of rotatable bonds is 2. The molecule has 1 spiro atoms. The molecule has 0 amide bonds. The van der Waals surface area contributed by atoms with Crippen LogP contribution in [0, 0.1) is 16.7 Å². The third kappa shape index (κ3) is 2.46. The number of carbonyl (C=O) groups excluding carboxylic acids is 2. The number of ketones is 1. The van der Waals surface area contributed by atoms with E-state index in [4.69, 9.17) is 4.74 Å². The largest absolute Gasteiger partial charge is 0.458 e. The van der Waals surface area contributed by atoms with Crippen molar-refractivity contribution in [2.24, 2.45) is 16.7 Å². The Labute approximate surface area is 156 Å². The number of carbonyl (C=O) groups is 2. The minimum atomic E-state index is -0.271. The highest BCUT2D eigenvalue weighted by molar-refractivity contribution is 5.92. The van der Waals surface area contributed by atoms with Crippen molar-refractivity contribution in [3.05, 3.63) is 35.5 Å². The van der Waals surface area contributed by atoms with Gasteiger partial charge in [0.25, 0.3) is 0 Å². The van der Waals surface area contributed by atoms with E-state index in [0.717, 1.165) is 44.1 Å². The van der Waals surface area contributed by atoms with Crippen molar-refractivity contribution in [1.29, 1.82) is 0 Å². The summed E-state index contributed by atoms with van der Waals surface area (Å²) in [5.41, 5.74) is 2.31. The van der Waals surface area contributed by atoms with Gasteiger partial charge in [-0.25, -0.2) is 0 Å². The van der Waals surface area contributed by atoms with Crippen molar-refractivity contribution in [2.75, 3.05) is 0 Å². The van der Waals surface area contributed by atoms with Crippen molar-refractivity contribution in [3.8, 4) is 0 Å². The van der Waals surface area contributed by atoms with Gasteiger partial charge in [0.05, 0.1) is 0 Å². The zero-order valence-electron chi connectivity index (χ0n) is 16.3. The zero-order valence-corrected chi connectivity index (χ0v) is 16.3. The van der Waals surface area contributed by atoms with E-state index in [1.165, 1.54) is 5.57 Å². The van der Waals surface area contributed by atoms with E-state index in [9.17, 15) is 9.59 Å². The molecule has 3 heteroatoms. The van der Waals surface area contributed by atoms with Crippen LogP contribution in [0.4, 0.5) is 0 Å². The lowest BCUT2D eigenvalue weighted by molar-refractivity contribution is -0.158. The summed E-state index contributed by atoms with van der Waals surface area (Å²) in [5, 5.41) is 0. The van der Waals surface area contributed by atoms with Gasteiger partial charge in [-0.1, -0.05) is 44.6 Å². The lowest BCUT2D eigenvalue weighted by Crippen LogP contribution is -2.44. The van der Waals surface area contributed by atoms with Gasteiger partial charge in [0.15, 0.2) is 5.78 Å². The van der Waals surface area contributed by atoms with E-state index in [1.807, 2.05) is 6.08 Å². The Morgan fingerprint density at radius 2 is 2.00 bits per heavy atom. The third-order valence-electron chi connectivity index (χ3n) is 8.09. The van der Waals surface area contributed by atoms with Gasteiger partial charge in [0, 0.05) is 23.7 Å². The van der Waals surface area contributed by atoms with Gasteiger partial charge in [-0.05, 0) is 56.1 Å². The first kappa shape index (κ1) is 17.8. The SMILES string of the molecule is CC1CC[C@@]2(CCC(=O)O2)C1(C)C/C=C1\CC=CC2=CC(=O)CCC21C. The number of ether oxygens (including phenoxy) is 1. The highest BCUT2D eigenvalue weighted by atomic mass is 16.6. The van der Waals surface area contributed by atoms with E-state index in [1.54, 1.807) is 0 Å². The molecule has 0 N–H and O–H groups in total. The average molecular weight is 354 g/mol. The lowest BCUT2D eigenvalue weighted by Gasteiger charge is -2.43. The number of fused-ring (bicyclic) bond motifs is 1. The summed E-state index contributed by atoms with van der Waals surface area (Å²) in [4.78, 5) is 23.7. The van der Waals surface area contributed by atoms with Gasteiger partial charge in [0.1, 0.15) is 5.60 Å². The van der Waals surface area contributed by atoms with Crippen LogP contribution in [-0.4, -0.2) is 17.4 Å². The first-order chi connectivity index (χ1) is 12.3. The quantitative estimate of drug-likeness (QED) is 0.513. The van der Waals surface area contributed by atoms with Crippen molar-refractivity contribution in [1.82, 2.24) is 0 Å². The second-order valence-corrected chi connectivity index (χ2v) is 9.26. The summed E-state index contributed by atoms with van der Waals surface area (Å²) in [6.07, 6.45) is 15.6. The Morgan fingerprint density at radius 1 is 1.19 bits per heavy atom. The Hall–Kier alpha value is -1.64. The molecule has 4 aliphatic rings. The molecule has 140 valence electrons. The zero-order chi connectivity index (χ0) is 18.6. The van der Waals surface area contributed by atoms with Crippen molar-refractivity contribution < 1.29 is 14.3 Å². The molecule has 3 unspecified atom stereocenters. The highest BCUT2D eigenvalue weighted by Crippen LogP contribution is 2.59. The van der Waals surface area contributed by atoms with Crippen molar-refractivity contribution in [2.45, 2.75) is 77.7 Å². The van der Waals surface area contributed by atoms with Crippen molar-refractivity contribution >= 4 is 11.8 Å². The summed E-state index contributed by atoms with van der Waals surface area (Å²) < 4.78 is 5.94. The van der Waals surface area contributed by atoms with E-state index in [2.05, 4.69) is 39.0 Å². The Kier molecular flexibility index (Phi) is 4.05. The Balaban J connectivity index is 1.65. The molecule has 0 bridgehead atoms. The summed E-state index contributed by atoms with van der Waals surface area (Å²) in [7, 11) is 0. The topological polar surface area (TPSA) is 43.4 Å². The third-order valence-corrected chi connectivity index (χ3v) is 8.09. The van der Waals surface area contributed by atoms with Crippen molar-refractivity contribution in [3.63, 3.8) is 0 Å². The van der Waals surface area contributed by atoms with Crippen LogP contribution in [0.5, 0.6) is 0 Å². The van der Waals surface area contributed by atoms with E-state index in [0.29, 0.717) is 18.8 Å². The molecule has 1 aliphatic heterocycles. The van der Waals surface area contributed by atoms with Crippen LogP contribution in [0.2, 0.25) is 0 Å². The first-order valence-corrected chi connectivity index (χ1v) is 10.1. The molecule has 4 rings (SSSR count). The van der Waals surface area contributed by atoms with E-state index < -0.39 is 0 Å². The van der Waals surface area contributed by atoms with Gasteiger partial charge in [-0.3, -0.25) is 9.59 Å². The number of allylic oxidation sites excluding steroid dienone is 6. The van der Waals surface area contributed by atoms with Crippen LogP contribution in [0.1, 0.15) is 72.1 Å². The van der Waals surface area contributed by atoms with Gasteiger partial charge >= 0.3 is 5.97 Å². The van der Waals surface area contributed by atoms with Gasteiger partial charge < -0.3 is 4.74 Å². The summed E-state index contributed by atoms with van der Waals surface area (Å²) in [6.45, 7) is 6.92. The number of esters is 1. The fraction of sp³-hybridized carbons (Fsp3) is 0.652. The van der Waals surface area contributed by atoms with Crippen LogP contribution >= 0.6 is 0 Å². The van der Waals surface area contributed by atoms with Crippen LogP contribution in [0.3, 0.4) is 0 Å². The monoisotopic (exact) mass is 354 g/mol. The van der Waals surface area contributed by atoms with E-state index >= 15 is 0 Å². The molecule has 1 saturated heterocycles. The lowest BCUT2D eigenvalue weighted by atomic mass is 9.63. The van der Waals surface area contributed by atoms with Crippen LogP contribution in [0.25, 0.3) is 0 Å². The maximum absolute atomic E-state index is 11.9. The molecule has 3 aliphatic carbocycles. The molecular formula is C23H30O3.